The highest BCUT2D eigenvalue weighted by atomic mass is 32.2. The second-order valence-electron chi connectivity index (χ2n) is 7.84. The number of fused-ring (bicyclic) bond motifs is 1. The fourth-order valence-electron chi connectivity index (χ4n) is 3.19. The molecule has 2 heterocycles. The number of anilines is 3. The number of nitrogens with one attached hydrogen (secondary N) is 3. The van der Waals surface area contributed by atoms with E-state index < -0.39 is 10.0 Å². The van der Waals surface area contributed by atoms with Gasteiger partial charge < -0.3 is 5.32 Å². The second-order valence-corrected chi connectivity index (χ2v) is 10.6. The third-order valence-electron chi connectivity index (χ3n) is 4.40. The molecule has 10 heteroatoms. The van der Waals surface area contributed by atoms with E-state index in [1.165, 1.54) is 11.8 Å². The molecule has 32 heavy (non-hydrogen) atoms. The van der Waals surface area contributed by atoms with Crippen LogP contribution < -0.4 is 10.0 Å². The topological polar surface area (TPSA) is 113 Å². The third kappa shape index (κ3) is 5.57. The highest BCUT2D eigenvalue weighted by molar-refractivity contribution is 7.99. The molecule has 0 radical (unpaired) electrons. The summed E-state index contributed by atoms with van der Waals surface area (Å²) >= 11 is 1.36. The summed E-state index contributed by atoms with van der Waals surface area (Å²) in [5, 5.41) is 11.8. The van der Waals surface area contributed by atoms with Gasteiger partial charge in [0.25, 0.3) is 0 Å². The van der Waals surface area contributed by atoms with Crippen molar-refractivity contribution in [3.8, 4) is 0 Å². The van der Waals surface area contributed by atoms with Crippen molar-refractivity contribution in [1.82, 2.24) is 20.2 Å². The molecule has 0 atom stereocenters. The Morgan fingerprint density at radius 3 is 2.62 bits per heavy atom. The van der Waals surface area contributed by atoms with Crippen molar-refractivity contribution in [2.75, 3.05) is 15.8 Å². The Morgan fingerprint density at radius 1 is 1.06 bits per heavy atom. The molecule has 0 amide bonds. The molecule has 3 N–H and O–H groups in total. The number of sulfonamides is 1. The van der Waals surface area contributed by atoms with Crippen LogP contribution in [-0.4, -0.2) is 34.3 Å². The molecule has 2 aromatic heterocycles. The number of hydrogen-bond donors (Lipinski definition) is 3. The lowest BCUT2D eigenvalue weighted by Gasteiger charge is -2.11. The number of nitrogens with zero attached hydrogens (tertiary/aromatic N) is 3. The summed E-state index contributed by atoms with van der Waals surface area (Å²) in [6, 6.07) is 16.9. The third-order valence-corrected chi connectivity index (χ3v) is 6.91. The first kappa shape index (κ1) is 22.1. The Labute approximate surface area is 191 Å². The lowest BCUT2D eigenvalue weighted by atomic mass is 10.2. The number of hydrogen-bond acceptors (Lipinski definition) is 7. The van der Waals surface area contributed by atoms with Crippen LogP contribution in [0.4, 0.5) is 17.3 Å². The normalized spacial score (nSPS) is 11.8. The summed E-state index contributed by atoms with van der Waals surface area (Å²) < 4.78 is 27.2. The van der Waals surface area contributed by atoms with Gasteiger partial charge in [0.05, 0.1) is 11.3 Å². The molecule has 2 aromatic carbocycles. The van der Waals surface area contributed by atoms with Gasteiger partial charge in [0, 0.05) is 27.7 Å². The van der Waals surface area contributed by atoms with Gasteiger partial charge in [-0.05, 0) is 54.9 Å². The highest BCUT2D eigenvalue weighted by Crippen LogP contribution is 2.31. The maximum Gasteiger partial charge on any atom is 0.232 e. The Kier molecular flexibility index (Phi) is 6.33. The van der Waals surface area contributed by atoms with Crippen molar-refractivity contribution in [2.24, 2.45) is 5.92 Å². The first-order valence-electron chi connectivity index (χ1n) is 10.1. The van der Waals surface area contributed by atoms with E-state index in [2.05, 4.69) is 25.2 Å². The van der Waals surface area contributed by atoms with Crippen LogP contribution in [0.15, 0.2) is 64.6 Å². The van der Waals surface area contributed by atoms with E-state index >= 15 is 0 Å². The average molecular weight is 469 g/mol. The van der Waals surface area contributed by atoms with Crippen molar-refractivity contribution in [2.45, 2.75) is 30.8 Å². The Balaban J connectivity index is 1.62. The van der Waals surface area contributed by atoms with Gasteiger partial charge in [-0.1, -0.05) is 32.0 Å². The summed E-state index contributed by atoms with van der Waals surface area (Å²) in [6.45, 7) is 5.68. The molecule has 0 aliphatic carbocycles. The van der Waals surface area contributed by atoms with Gasteiger partial charge in [-0.25, -0.2) is 18.4 Å². The fourth-order valence-corrected chi connectivity index (χ4v) is 5.46. The number of rotatable bonds is 8. The lowest BCUT2D eigenvalue weighted by molar-refractivity contribution is 0.587. The van der Waals surface area contributed by atoms with Crippen LogP contribution in [-0.2, 0) is 10.0 Å². The predicted octanol–water partition coefficient (Wildman–Crippen LogP) is 4.95. The molecule has 0 saturated heterocycles. The maximum atomic E-state index is 12.3. The van der Waals surface area contributed by atoms with Gasteiger partial charge in [0.1, 0.15) is 5.82 Å². The number of benzene rings is 2. The van der Waals surface area contributed by atoms with E-state index in [9.17, 15) is 8.42 Å². The monoisotopic (exact) mass is 468 g/mol. The minimum atomic E-state index is -3.40. The van der Waals surface area contributed by atoms with Crippen LogP contribution in [0.3, 0.4) is 0 Å². The Hall–Kier alpha value is -3.11. The minimum absolute atomic E-state index is 0.0419. The average Bonchev–Trinajstić information content (AvgIpc) is 3.11. The molecule has 0 spiro atoms. The van der Waals surface area contributed by atoms with Crippen LogP contribution in [0.2, 0.25) is 0 Å². The number of aromatic nitrogens is 4. The van der Waals surface area contributed by atoms with Crippen LogP contribution >= 0.6 is 11.8 Å². The van der Waals surface area contributed by atoms with E-state index in [4.69, 9.17) is 4.98 Å². The van der Waals surface area contributed by atoms with E-state index in [1.807, 2.05) is 63.2 Å². The number of H-pyrrole nitrogens is 1. The van der Waals surface area contributed by atoms with Crippen molar-refractivity contribution < 1.29 is 8.42 Å². The number of aromatic amines is 1. The first-order valence-corrected chi connectivity index (χ1v) is 12.6. The highest BCUT2D eigenvalue weighted by Gasteiger charge is 2.14. The van der Waals surface area contributed by atoms with Crippen molar-refractivity contribution >= 4 is 50.0 Å². The van der Waals surface area contributed by atoms with Crippen LogP contribution in [0.25, 0.3) is 10.9 Å². The summed E-state index contributed by atoms with van der Waals surface area (Å²) in [5.41, 5.74) is 2.26. The minimum Gasteiger partial charge on any atom is -0.323 e. The zero-order valence-corrected chi connectivity index (χ0v) is 19.6. The van der Waals surface area contributed by atoms with Crippen LogP contribution in [0.1, 0.15) is 19.5 Å². The molecule has 0 unspecified atom stereocenters. The summed E-state index contributed by atoms with van der Waals surface area (Å²) in [4.78, 5) is 10.2. The van der Waals surface area contributed by atoms with Crippen molar-refractivity contribution in [3.05, 3.63) is 60.3 Å². The number of aryl methyl sites for hydroxylation is 1. The molecule has 0 aliphatic heterocycles. The fraction of sp³-hybridized carbons (Fsp3) is 0.227. The molecule has 0 saturated carbocycles. The van der Waals surface area contributed by atoms with Gasteiger partial charge in [0.2, 0.25) is 10.0 Å². The molecule has 166 valence electrons. The SMILES string of the molecule is Cc1cc(Nc2nc(Sc3cccc(NS(=O)(=O)CC(C)C)c3)nc3ccccc23)n[nH]1. The second kappa shape index (κ2) is 9.17. The Morgan fingerprint density at radius 2 is 1.88 bits per heavy atom. The molecular weight excluding hydrogens is 444 g/mol. The summed E-state index contributed by atoms with van der Waals surface area (Å²) in [7, 11) is -3.40. The maximum absolute atomic E-state index is 12.3. The first-order chi connectivity index (χ1) is 15.3. The largest absolute Gasteiger partial charge is 0.323 e. The van der Waals surface area contributed by atoms with E-state index in [-0.39, 0.29) is 11.7 Å². The smallest absolute Gasteiger partial charge is 0.232 e. The van der Waals surface area contributed by atoms with E-state index in [0.717, 1.165) is 21.5 Å². The lowest BCUT2D eigenvalue weighted by Crippen LogP contribution is -2.19. The molecule has 8 nitrogen and oxygen atoms in total. The van der Waals surface area contributed by atoms with Gasteiger partial charge in [0.15, 0.2) is 11.0 Å². The van der Waals surface area contributed by atoms with Crippen molar-refractivity contribution in [1.29, 1.82) is 0 Å². The van der Waals surface area contributed by atoms with Gasteiger partial charge in [-0.2, -0.15) is 5.10 Å². The standard InChI is InChI=1S/C22H24N6O2S2/c1-14(2)13-32(29,30)28-16-7-6-8-17(12-16)31-22-23-19-10-5-4-9-18(19)21(25-22)24-20-11-15(3)26-27-20/h4-12,14,28H,13H2,1-3H3,(H2,23,24,25,26,27). The molecule has 0 aliphatic rings. The van der Waals surface area contributed by atoms with Crippen LogP contribution in [0.5, 0.6) is 0 Å². The molecule has 4 aromatic rings. The van der Waals surface area contributed by atoms with Crippen molar-refractivity contribution in [3.63, 3.8) is 0 Å². The van der Waals surface area contributed by atoms with E-state index in [0.29, 0.717) is 22.5 Å². The Bertz CT molecular complexity index is 1350. The van der Waals surface area contributed by atoms with Gasteiger partial charge in [-0.15, -0.1) is 0 Å². The summed E-state index contributed by atoms with van der Waals surface area (Å²) in [5.74, 6) is 1.43. The molecular formula is C22H24N6O2S2. The number of para-hydroxylation sites is 1. The molecule has 4 rings (SSSR count). The zero-order chi connectivity index (χ0) is 22.7. The predicted molar refractivity (Wildman–Crippen MR) is 129 cm³/mol. The van der Waals surface area contributed by atoms with Crippen LogP contribution in [0, 0.1) is 12.8 Å². The van der Waals surface area contributed by atoms with E-state index in [1.54, 1.807) is 12.1 Å². The summed E-state index contributed by atoms with van der Waals surface area (Å²) in [6.07, 6.45) is 0. The molecule has 0 bridgehead atoms. The van der Waals surface area contributed by atoms with Gasteiger partial charge >= 0.3 is 0 Å². The van der Waals surface area contributed by atoms with Gasteiger partial charge in [-0.3, -0.25) is 9.82 Å². The quantitative estimate of drug-likeness (QED) is 0.313. The zero-order valence-electron chi connectivity index (χ0n) is 18.0. The molecule has 0 fully saturated rings.